The summed E-state index contributed by atoms with van der Waals surface area (Å²) >= 11 is 0. The molecule has 0 amide bonds. The smallest absolute Gasteiger partial charge is 0.304 e. The lowest BCUT2D eigenvalue weighted by Crippen LogP contribution is -2.15. The second kappa shape index (κ2) is 4.06. The minimum atomic E-state index is -0.733. The summed E-state index contributed by atoms with van der Waals surface area (Å²) in [7, 11) is 1.65. The summed E-state index contributed by atoms with van der Waals surface area (Å²) in [5, 5.41) is 9.01. The third-order valence-corrected chi connectivity index (χ3v) is 3.54. The van der Waals surface area contributed by atoms with Crippen molar-refractivity contribution >= 4 is 5.97 Å². The van der Waals surface area contributed by atoms with Gasteiger partial charge in [0.2, 0.25) is 0 Å². The molecule has 0 bridgehead atoms. The Hall–Kier alpha value is -1.51. The Labute approximate surface area is 101 Å². The van der Waals surface area contributed by atoms with Crippen LogP contribution in [0.25, 0.3) is 0 Å². The van der Waals surface area contributed by atoms with E-state index in [1.54, 1.807) is 7.11 Å². The van der Waals surface area contributed by atoms with E-state index in [0.29, 0.717) is 0 Å². The number of carbonyl (C=O) groups is 1. The molecule has 3 heteroatoms. The second-order valence-electron chi connectivity index (χ2n) is 5.01. The molecule has 1 aromatic rings. The van der Waals surface area contributed by atoms with Crippen molar-refractivity contribution in [1.82, 2.24) is 0 Å². The van der Waals surface area contributed by atoms with E-state index < -0.39 is 5.97 Å². The molecule has 1 N–H and O–H groups in total. The average molecular weight is 234 g/mol. The predicted molar refractivity (Wildman–Crippen MR) is 65.6 cm³/mol. The van der Waals surface area contributed by atoms with Gasteiger partial charge in [-0.1, -0.05) is 17.7 Å². The molecule has 17 heavy (non-hydrogen) atoms. The molecule has 0 heterocycles. The van der Waals surface area contributed by atoms with Crippen LogP contribution >= 0.6 is 0 Å². The Morgan fingerprint density at radius 3 is 2.53 bits per heavy atom. The van der Waals surface area contributed by atoms with Crippen LogP contribution in [0.3, 0.4) is 0 Å². The van der Waals surface area contributed by atoms with Crippen molar-refractivity contribution < 1.29 is 14.6 Å². The molecule has 0 atom stereocenters. The molecule has 1 aliphatic rings. The number of aliphatic carboxylic acids is 1. The molecule has 1 saturated carbocycles. The molecular formula is C14H18O3. The van der Waals surface area contributed by atoms with Crippen LogP contribution in [-0.4, -0.2) is 18.2 Å². The minimum absolute atomic E-state index is 0.187. The van der Waals surface area contributed by atoms with E-state index in [1.165, 1.54) is 0 Å². The fourth-order valence-corrected chi connectivity index (χ4v) is 2.60. The van der Waals surface area contributed by atoms with Gasteiger partial charge >= 0.3 is 5.97 Å². The lowest BCUT2D eigenvalue weighted by molar-refractivity contribution is -0.137. The van der Waals surface area contributed by atoms with Gasteiger partial charge in [0.15, 0.2) is 0 Å². The highest BCUT2D eigenvalue weighted by Crippen LogP contribution is 2.54. The van der Waals surface area contributed by atoms with E-state index in [2.05, 4.69) is 12.1 Å². The van der Waals surface area contributed by atoms with Crippen LogP contribution in [0.1, 0.15) is 36.0 Å². The number of benzene rings is 1. The van der Waals surface area contributed by atoms with E-state index in [0.717, 1.165) is 35.3 Å². The maximum atomic E-state index is 11.0. The summed E-state index contributed by atoms with van der Waals surface area (Å²) < 4.78 is 5.45. The Morgan fingerprint density at radius 2 is 2.06 bits per heavy atom. The summed E-state index contributed by atoms with van der Waals surface area (Å²) in [6.45, 7) is 4.04. The number of carboxylic acid groups (broad SMARTS) is 1. The first kappa shape index (κ1) is 12.0. The number of ether oxygens (including phenoxy) is 1. The van der Waals surface area contributed by atoms with Crippen molar-refractivity contribution in [1.29, 1.82) is 0 Å². The van der Waals surface area contributed by atoms with Gasteiger partial charge in [0.1, 0.15) is 5.75 Å². The highest BCUT2D eigenvalue weighted by molar-refractivity contribution is 5.71. The quantitative estimate of drug-likeness (QED) is 0.871. The lowest BCUT2D eigenvalue weighted by atomic mass is 9.89. The molecule has 0 aliphatic heterocycles. The lowest BCUT2D eigenvalue weighted by Gasteiger charge is -2.19. The van der Waals surface area contributed by atoms with Crippen LogP contribution in [0.15, 0.2) is 12.1 Å². The summed E-state index contributed by atoms with van der Waals surface area (Å²) in [5.74, 6) is 0.123. The highest BCUT2D eigenvalue weighted by Gasteiger charge is 2.48. The summed E-state index contributed by atoms with van der Waals surface area (Å²) in [4.78, 5) is 11.0. The Bertz CT molecular complexity index is 459. The molecule has 92 valence electrons. The van der Waals surface area contributed by atoms with Crippen molar-refractivity contribution in [2.24, 2.45) is 0 Å². The molecule has 0 unspecified atom stereocenters. The SMILES string of the molecule is COc1c(C)cc(C)cc1C1(CC(=O)O)CC1. The maximum absolute atomic E-state index is 11.0. The van der Waals surface area contributed by atoms with Crippen LogP contribution < -0.4 is 4.74 Å². The van der Waals surface area contributed by atoms with Gasteiger partial charge in [-0.15, -0.1) is 0 Å². The van der Waals surface area contributed by atoms with Crippen molar-refractivity contribution in [3.8, 4) is 5.75 Å². The summed E-state index contributed by atoms with van der Waals surface area (Å²) in [5.41, 5.74) is 3.13. The Balaban J connectivity index is 2.47. The van der Waals surface area contributed by atoms with Crippen molar-refractivity contribution in [2.45, 2.75) is 38.5 Å². The van der Waals surface area contributed by atoms with E-state index in [1.807, 2.05) is 13.8 Å². The molecular weight excluding hydrogens is 216 g/mol. The number of hydrogen-bond acceptors (Lipinski definition) is 2. The summed E-state index contributed by atoms with van der Waals surface area (Å²) in [6.07, 6.45) is 2.09. The van der Waals surface area contributed by atoms with E-state index in [9.17, 15) is 4.79 Å². The normalized spacial score (nSPS) is 16.6. The zero-order valence-electron chi connectivity index (χ0n) is 10.5. The molecule has 1 aliphatic carbocycles. The van der Waals surface area contributed by atoms with Crippen LogP contribution in [0.4, 0.5) is 0 Å². The number of carboxylic acids is 1. The monoisotopic (exact) mass is 234 g/mol. The largest absolute Gasteiger partial charge is 0.496 e. The van der Waals surface area contributed by atoms with Gasteiger partial charge in [0.25, 0.3) is 0 Å². The highest BCUT2D eigenvalue weighted by atomic mass is 16.5. The maximum Gasteiger partial charge on any atom is 0.304 e. The van der Waals surface area contributed by atoms with Crippen LogP contribution in [-0.2, 0) is 10.2 Å². The van der Waals surface area contributed by atoms with E-state index in [4.69, 9.17) is 9.84 Å². The van der Waals surface area contributed by atoms with Crippen LogP contribution in [0, 0.1) is 13.8 Å². The third-order valence-electron chi connectivity index (χ3n) is 3.54. The Morgan fingerprint density at radius 1 is 1.41 bits per heavy atom. The zero-order valence-corrected chi connectivity index (χ0v) is 10.5. The van der Waals surface area contributed by atoms with Crippen molar-refractivity contribution in [2.75, 3.05) is 7.11 Å². The molecule has 0 saturated heterocycles. The van der Waals surface area contributed by atoms with Gasteiger partial charge < -0.3 is 9.84 Å². The number of methoxy groups -OCH3 is 1. The Kier molecular flexibility index (Phi) is 2.86. The third kappa shape index (κ3) is 2.14. The topological polar surface area (TPSA) is 46.5 Å². The van der Waals surface area contributed by atoms with E-state index >= 15 is 0 Å². The minimum Gasteiger partial charge on any atom is -0.496 e. The molecule has 1 aromatic carbocycles. The predicted octanol–water partition coefficient (Wildman–Crippen LogP) is 2.82. The standard InChI is InChI=1S/C14H18O3/c1-9-6-10(2)13(17-3)11(7-9)14(4-5-14)8-12(15)16/h6-7H,4-5,8H2,1-3H3,(H,15,16). The second-order valence-corrected chi connectivity index (χ2v) is 5.01. The first-order valence-electron chi connectivity index (χ1n) is 5.86. The van der Waals surface area contributed by atoms with Crippen molar-refractivity contribution in [3.05, 3.63) is 28.8 Å². The fraction of sp³-hybridized carbons (Fsp3) is 0.500. The van der Waals surface area contributed by atoms with Crippen LogP contribution in [0.5, 0.6) is 5.75 Å². The average Bonchev–Trinajstić information content (AvgIpc) is 2.96. The number of rotatable bonds is 4. The first-order chi connectivity index (χ1) is 7.98. The van der Waals surface area contributed by atoms with Gasteiger partial charge in [-0.05, 0) is 32.3 Å². The molecule has 0 aromatic heterocycles. The molecule has 0 spiro atoms. The van der Waals surface area contributed by atoms with E-state index in [-0.39, 0.29) is 11.8 Å². The van der Waals surface area contributed by atoms with Crippen LogP contribution in [0.2, 0.25) is 0 Å². The van der Waals surface area contributed by atoms with Gasteiger partial charge in [-0.25, -0.2) is 0 Å². The number of hydrogen-bond donors (Lipinski definition) is 1. The summed E-state index contributed by atoms with van der Waals surface area (Å²) in [6, 6.07) is 4.14. The van der Waals surface area contributed by atoms with Gasteiger partial charge in [0.05, 0.1) is 13.5 Å². The first-order valence-corrected chi connectivity index (χ1v) is 5.86. The molecule has 0 radical (unpaired) electrons. The molecule has 3 nitrogen and oxygen atoms in total. The van der Waals surface area contributed by atoms with Gasteiger partial charge in [-0.2, -0.15) is 0 Å². The molecule has 2 rings (SSSR count). The van der Waals surface area contributed by atoms with Gasteiger partial charge in [0, 0.05) is 11.0 Å². The zero-order chi connectivity index (χ0) is 12.6. The fourth-order valence-electron chi connectivity index (χ4n) is 2.60. The molecule has 1 fully saturated rings. The van der Waals surface area contributed by atoms with Crippen molar-refractivity contribution in [3.63, 3.8) is 0 Å². The van der Waals surface area contributed by atoms with Gasteiger partial charge in [-0.3, -0.25) is 4.79 Å². The number of aryl methyl sites for hydroxylation is 2.